The zero-order valence-electron chi connectivity index (χ0n) is 12.1. The maximum absolute atomic E-state index is 12.9. The number of ketones is 2. The summed E-state index contributed by atoms with van der Waals surface area (Å²) < 4.78 is 0. The van der Waals surface area contributed by atoms with Crippen LogP contribution in [0.3, 0.4) is 0 Å². The first kappa shape index (κ1) is 12.5. The molecule has 0 unspecified atom stereocenters. The van der Waals surface area contributed by atoms with Crippen molar-refractivity contribution in [1.82, 2.24) is 4.90 Å². The van der Waals surface area contributed by atoms with Crippen molar-refractivity contribution in [2.24, 2.45) is 11.8 Å². The Morgan fingerprint density at radius 1 is 0.800 bits per heavy atom. The van der Waals surface area contributed by atoms with E-state index in [1.54, 1.807) is 0 Å². The first-order valence-corrected chi connectivity index (χ1v) is 7.91. The van der Waals surface area contributed by atoms with Crippen LogP contribution in [0.15, 0.2) is 22.3 Å². The van der Waals surface area contributed by atoms with Crippen molar-refractivity contribution >= 4 is 11.6 Å². The molecule has 0 aromatic heterocycles. The topological polar surface area (TPSA) is 37.4 Å². The first-order chi connectivity index (χ1) is 9.66. The number of allylic oxidation sites excluding steroid dienone is 2. The molecule has 0 atom stereocenters. The zero-order chi connectivity index (χ0) is 13.9. The van der Waals surface area contributed by atoms with E-state index >= 15 is 0 Å². The smallest absolute Gasteiger partial charge is 0.186 e. The van der Waals surface area contributed by atoms with Gasteiger partial charge in [-0.2, -0.15) is 0 Å². The lowest BCUT2D eigenvalue weighted by atomic mass is 9.61. The Hall–Kier alpha value is -1.22. The molecule has 5 rings (SSSR count). The van der Waals surface area contributed by atoms with Gasteiger partial charge in [-0.05, 0) is 57.4 Å². The number of rotatable bonds is 0. The molecule has 3 nitrogen and oxygen atoms in total. The number of Topliss-reactive ketones (excluding diaryl/α,β-unsaturated/α-hetero) is 2. The number of hydrogen-bond donors (Lipinski definition) is 0. The maximum Gasteiger partial charge on any atom is 0.186 e. The van der Waals surface area contributed by atoms with Crippen molar-refractivity contribution in [3.05, 3.63) is 22.3 Å². The van der Waals surface area contributed by atoms with E-state index in [1.807, 2.05) is 0 Å². The summed E-state index contributed by atoms with van der Waals surface area (Å²) in [4.78, 5) is 28.0. The molecule has 0 spiro atoms. The lowest BCUT2D eigenvalue weighted by Crippen LogP contribution is -2.38. The van der Waals surface area contributed by atoms with Gasteiger partial charge in [0.1, 0.15) is 0 Å². The molecule has 0 amide bonds. The summed E-state index contributed by atoms with van der Waals surface area (Å²) in [6.07, 6.45) is 5.97. The summed E-state index contributed by atoms with van der Waals surface area (Å²) in [6, 6.07) is 0. The van der Waals surface area contributed by atoms with Gasteiger partial charge < -0.3 is 4.90 Å². The fourth-order valence-corrected chi connectivity index (χ4v) is 4.57. The maximum atomic E-state index is 12.9. The number of nitrogens with zero attached hydrogens (tertiary/aromatic N) is 1. The van der Waals surface area contributed by atoms with Gasteiger partial charge in [-0.15, -0.1) is 0 Å². The monoisotopic (exact) mass is 271 g/mol. The molecule has 1 heterocycles. The SMILES string of the molecule is CN1CCC2=C(CC1)C(=O)C1=C(C2=O)C2CCC1CC2. The average Bonchev–Trinajstić information content (AvgIpc) is 2.68. The van der Waals surface area contributed by atoms with Crippen LogP contribution in [0, 0.1) is 11.8 Å². The van der Waals surface area contributed by atoms with E-state index in [-0.39, 0.29) is 11.6 Å². The zero-order valence-corrected chi connectivity index (χ0v) is 12.1. The van der Waals surface area contributed by atoms with Gasteiger partial charge in [-0.25, -0.2) is 0 Å². The minimum Gasteiger partial charge on any atom is -0.306 e. The Balaban J connectivity index is 1.80. The highest BCUT2D eigenvalue weighted by Gasteiger charge is 2.45. The number of carbonyl (C=O) groups excluding carboxylic acids is 2. The van der Waals surface area contributed by atoms with E-state index in [0.717, 1.165) is 73.9 Å². The van der Waals surface area contributed by atoms with E-state index < -0.39 is 0 Å². The van der Waals surface area contributed by atoms with Gasteiger partial charge in [0.2, 0.25) is 0 Å². The molecule has 1 saturated carbocycles. The highest BCUT2D eigenvalue weighted by molar-refractivity contribution is 6.26. The van der Waals surface area contributed by atoms with Crippen molar-refractivity contribution < 1.29 is 9.59 Å². The molecule has 1 aliphatic heterocycles. The first-order valence-electron chi connectivity index (χ1n) is 7.91. The number of fused-ring (bicyclic) bond motifs is 2. The number of hydrogen-bond acceptors (Lipinski definition) is 3. The summed E-state index contributed by atoms with van der Waals surface area (Å²) in [5.41, 5.74) is 3.57. The van der Waals surface area contributed by atoms with Gasteiger partial charge in [0, 0.05) is 35.4 Å². The third-order valence-corrected chi connectivity index (χ3v) is 5.72. The fraction of sp³-hybridized carbons (Fsp3) is 0.647. The van der Waals surface area contributed by atoms with Crippen molar-refractivity contribution in [2.75, 3.05) is 20.1 Å². The van der Waals surface area contributed by atoms with Crippen LogP contribution in [-0.2, 0) is 9.59 Å². The predicted octanol–water partition coefficient (Wildman–Crippen LogP) is 2.28. The third-order valence-electron chi connectivity index (χ3n) is 5.72. The minimum absolute atomic E-state index is 0.235. The van der Waals surface area contributed by atoms with E-state index in [1.165, 1.54) is 0 Å². The lowest BCUT2D eigenvalue weighted by Gasteiger charge is -2.41. The van der Waals surface area contributed by atoms with Crippen LogP contribution in [0.1, 0.15) is 38.5 Å². The van der Waals surface area contributed by atoms with Crippen molar-refractivity contribution in [2.45, 2.75) is 38.5 Å². The molecule has 0 N–H and O–H groups in total. The lowest BCUT2D eigenvalue weighted by molar-refractivity contribution is -0.118. The van der Waals surface area contributed by atoms with Crippen LogP contribution >= 0.6 is 0 Å². The molecule has 2 bridgehead atoms. The Labute approximate surface area is 119 Å². The van der Waals surface area contributed by atoms with Crippen LogP contribution in [0.2, 0.25) is 0 Å². The molecule has 4 aliphatic carbocycles. The Bertz CT molecular complexity index is 514. The van der Waals surface area contributed by atoms with E-state index in [9.17, 15) is 9.59 Å². The Morgan fingerprint density at radius 3 is 1.60 bits per heavy atom. The summed E-state index contributed by atoms with van der Waals surface area (Å²) in [5, 5.41) is 0. The van der Waals surface area contributed by atoms with Gasteiger partial charge in [0.25, 0.3) is 0 Å². The quantitative estimate of drug-likeness (QED) is 0.634. The average molecular weight is 271 g/mol. The highest BCUT2D eigenvalue weighted by Crippen LogP contribution is 2.49. The van der Waals surface area contributed by atoms with Crippen molar-refractivity contribution in [3.8, 4) is 0 Å². The second-order valence-corrected chi connectivity index (χ2v) is 6.79. The molecule has 1 fully saturated rings. The van der Waals surface area contributed by atoms with Gasteiger partial charge in [-0.1, -0.05) is 0 Å². The number of carbonyl (C=O) groups is 2. The van der Waals surface area contributed by atoms with Gasteiger partial charge in [-0.3, -0.25) is 9.59 Å². The molecule has 0 aromatic rings. The van der Waals surface area contributed by atoms with Crippen LogP contribution in [0.4, 0.5) is 0 Å². The summed E-state index contributed by atoms with van der Waals surface area (Å²) >= 11 is 0. The van der Waals surface area contributed by atoms with Crippen LogP contribution in [0.5, 0.6) is 0 Å². The largest absolute Gasteiger partial charge is 0.306 e. The molecule has 3 heteroatoms. The molecular formula is C17H21NO2. The molecule has 0 saturated heterocycles. The normalized spacial score (nSPS) is 34.2. The second kappa shape index (κ2) is 4.39. The van der Waals surface area contributed by atoms with Crippen LogP contribution in [0.25, 0.3) is 0 Å². The molecule has 20 heavy (non-hydrogen) atoms. The predicted molar refractivity (Wildman–Crippen MR) is 76.2 cm³/mol. The minimum atomic E-state index is 0.235. The van der Waals surface area contributed by atoms with Gasteiger partial charge >= 0.3 is 0 Å². The molecular weight excluding hydrogens is 250 g/mol. The molecule has 0 radical (unpaired) electrons. The van der Waals surface area contributed by atoms with Crippen LogP contribution < -0.4 is 0 Å². The molecule has 5 aliphatic rings. The summed E-state index contributed by atoms with van der Waals surface area (Å²) in [6.45, 7) is 1.79. The standard InChI is InChI=1S/C17H21NO2/c1-18-8-6-12-13(7-9-18)17(20)15-11-3-2-10(4-5-11)14(15)16(12)19/h10-11H,2-9H2,1H3. The van der Waals surface area contributed by atoms with Crippen LogP contribution in [-0.4, -0.2) is 36.6 Å². The van der Waals surface area contributed by atoms with Gasteiger partial charge in [0.15, 0.2) is 11.6 Å². The fourth-order valence-electron chi connectivity index (χ4n) is 4.57. The van der Waals surface area contributed by atoms with E-state index in [0.29, 0.717) is 11.8 Å². The molecule has 0 aromatic carbocycles. The molecule has 106 valence electrons. The van der Waals surface area contributed by atoms with Crippen molar-refractivity contribution in [3.63, 3.8) is 0 Å². The Kier molecular flexibility index (Phi) is 2.75. The highest BCUT2D eigenvalue weighted by atomic mass is 16.1. The van der Waals surface area contributed by atoms with Gasteiger partial charge in [0.05, 0.1) is 0 Å². The van der Waals surface area contributed by atoms with E-state index in [4.69, 9.17) is 0 Å². The summed E-state index contributed by atoms with van der Waals surface area (Å²) in [5.74, 6) is 1.22. The van der Waals surface area contributed by atoms with E-state index in [2.05, 4.69) is 11.9 Å². The second-order valence-electron chi connectivity index (χ2n) is 6.79. The Morgan fingerprint density at radius 2 is 1.20 bits per heavy atom. The van der Waals surface area contributed by atoms with Crippen molar-refractivity contribution in [1.29, 1.82) is 0 Å². The third kappa shape index (κ3) is 1.62. The summed E-state index contributed by atoms with van der Waals surface area (Å²) in [7, 11) is 2.07.